The molecule has 3 heteroatoms. The van der Waals surface area contributed by atoms with Crippen molar-refractivity contribution < 1.29 is 9.94 Å². The first-order valence-electron chi connectivity index (χ1n) is 2.49. The van der Waals surface area contributed by atoms with Crippen LogP contribution in [0.3, 0.4) is 0 Å². The van der Waals surface area contributed by atoms with Crippen molar-refractivity contribution in [3.63, 3.8) is 0 Å². The summed E-state index contributed by atoms with van der Waals surface area (Å²) >= 11 is 0. The van der Waals surface area contributed by atoms with E-state index in [-0.39, 0.29) is 12.5 Å². The molecule has 3 rings (SSSR count). The summed E-state index contributed by atoms with van der Waals surface area (Å²) in [5, 5.41) is 11.4. The number of ether oxygens (including phenoxy) is 1. The highest BCUT2D eigenvalue weighted by molar-refractivity contribution is 4.79. The molecule has 0 saturated carbocycles. The van der Waals surface area contributed by atoms with Gasteiger partial charge in [0.05, 0.1) is 0 Å². The molecule has 1 radical (unpaired) electrons. The van der Waals surface area contributed by atoms with E-state index in [1.54, 1.807) is 0 Å². The number of hydroxylamine groups is 2. The third kappa shape index (κ3) is 0.311. The summed E-state index contributed by atoms with van der Waals surface area (Å²) in [6.45, 7) is 0. The topological polar surface area (TPSA) is 32.4 Å². The Hall–Kier alpha value is -0.120. The van der Waals surface area contributed by atoms with Crippen LogP contribution in [0.5, 0.6) is 0 Å². The average Bonchev–Trinajstić information content (AvgIpc) is 2.18. The third-order valence-electron chi connectivity index (χ3n) is 1.54. The van der Waals surface area contributed by atoms with Gasteiger partial charge in [0.15, 0.2) is 0 Å². The van der Waals surface area contributed by atoms with Gasteiger partial charge < -0.3 is 4.74 Å². The fourth-order valence-corrected chi connectivity index (χ4v) is 1.10. The van der Waals surface area contributed by atoms with E-state index in [0.29, 0.717) is 0 Å². The Labute approximate surface area is 41.4 Å². The van der Waals surface area contributed by atoms with Crippen molar-refractivity contribution in [1.82, 2.24) is 5.06 Å². The van der Waals surface area contributed by atoms with E-state index in [2.05, 4.69) is 0 Å². The van der Waals surface area contributed by atoms with Crippen LogP contribution in [0.2, 0.25) is 0 Å². The summed E-state index contributed by atoms with van der Waals surface area (Å²) in [5.74, 6) is 0. The molecule has 7 heavy (non-hydrogen) atoms. The van der Waals surface area contributed by atoms with Crippen LogP contribution < -0.4 is 0 Å². The van der Waals surface area contributed by atoms with E-state index < -0.39 is 0 Å². The van der Waals surface area contributed by atoms with E-state index in [9.17, 15) is 5.21 Å². The Kier molecular flexibility index (Phi) is 0.543. The molecule has 39 valence electrons. The number of rotatable bonds is 0. The summed E-state index contributed by atoms with van der Waals surface area (Å²) in [6, 6.07) is 0. The molecule has 2 bridgehead atoms. The summed E-state index contributed by atoms with van der Waals surface area (Å²) in [7, 11) is 0. The van der Waals surface area contributed by atoms with Crippen molar-refractivity contribution in [1.29, 1.82) is 0 Å². The van der Waals surface area contributed by atoms with Crippen molar-refractivity contribution in [2.45, 2.75) is 25.3 Å². The van der Waals surface area contributed by atoms with Crippen molar-refractivity contribution in [3.05, 3.63) is 0 Å². The smallest absolute Gasteiger partial charge is 0.141 e. The average molecular weight is 100 g/mol. The van der Waals surface area contributed by atoms with Crippen molar-refractivity contribution in [3.8, 4) is 0 Å². The first kappa shape index (κ1) is 3.83. The van der Waals surface area contributed by atoms with Crippen molar-refractivity contribution in [2.75, 3.05) is 0 Å². The first-order valence-corrected chi connectivity index (χ1v) is 2.49. The van der Waals surface area contributed by atoms with Gasteiger partial charge in [-0.2, -0.15) is 0 Å². The number of nitrogens with zero attached hydrogens (tertiary/aromatic N) is 1. The first-order chi connectivity index (χ1) is 3.38. The molecule has 0 aromatic carbocycles. The van der Waals surface area contributed by atoms with Crippen LogP contribution in [0.15, 0.2) is 0 Å². The van der Waals surface area contributed by atoms with Crippen LogP contribution >= 0.6 is 0 Å². The second-order valence-corrected chi connectivity index (χ2v) is 1.98. The van der Waals surface area contributed by atoms with E-state index in [1.165, 1.54) is 0 Å². The summed E-state index contributed by atoms with van der Waals surface area (Å²) in [4.78, 5) is 0. The highest BCUT2D eigenvalue weighted by Gasteiger charge is 2.46. The minimum atomic E-state index is -0.0648. The van der Waals surface area contributed by atoms with Gasteiger partial charge in [0.2, 0.25) is 0 Å². The molecule has 3 fully saturated rings. The molecule has 3 aliphatic rings. The highest BCUT2D eigenvalue weighted by atomic mass is 16.7. The lowest BCUT2D eigenvalue weighted by atomic mass is 10.4. The minimum Gasteiger partial charge on any atom is -0.340 e. The molecule has 0 N–H and O–H groups in total. The van der Waals surface area contributed by atoms with Crippen LogP contribution in [-0.2, 0) is 9.94 Å². The number of hydrogen-bond donors (Lipinski definition) is 0. The Balaban J connectivity index is 2.14. The normalized spacial score (nSPS) is 49.3. The quantitative estimate of drug-likeness (QED) is 0.432. The predicted octanol–water partition coefficient (Wildman–Crippen LogP) is 0.110. The van der Waals surface area contributed by atoms with Gasteiger partial charge in [0.1, 0.15) is 12.5 Å². The molecule has 0 aromatic rings. The van der Waals surface area contributed by atoms with Crippen LogP contribution in [0.25, 0.3) is 0 Å². The van der Waals surface area contributed by atoms with Crippen LogP contribution in [0, 0.1) is 0 Å². The molecule has 0 spiro atoms. The minimum absolute atomic E-state index is 0.0648. The second-order valence-electron chi connectivity index (χ2n) is 1.98. The van der Waals surface area contributed by atoms with E-state index in [4.69, 9.17) is 4.74 Å². The maximum atomic E-state index is 10.4. The lowest BCUT2D eigenvalue weighted by Crippen LogP contribution is -2.47. The maximum absolute atomic E-state index is 10.4. The van der Waals surface area contributed by atoms with E-state index >= 15 is 0 Å². The fourth-order valence-electron chi connectivity index (χ4n) is 1.10. The summed E-state index contributed by atoms with van der Waals surface area (Å²) < 4.78 is 4.98. The molecule has 0 aliphatic carbocycles. The molecular weight excluding hydrogens is 94.0 g/mol. The standard InChI is InChI=1S/C4H6NO2/c6-5-3-1-2-4(5)7-3/h3-4H,1-2H2. The number of hydrogen-bond acceptors (Lipinski definition) is 2. The van der Waals surface area contributed by atoms with Crippen LogP contribution in [-0.4, -0.2) is 17.5 Å². The monoisotopic (exact) mass is 100 g/mol. The Morgan fingerprint density at radius 2 is 2.00 bits per heavy atom. The Morgan fingerprint density at radius 1 is 1.43 bits per heavy atom. The largest absolute Gasteiger partial charge is 0.340 e. The SMILES string of the molecule is [O]N1C2CCC1O2. The second kappa shape index (κ2) is 0.992. The molecular formula is C4H6NO2. The van der Waals surface area contributed by atoms with Gasteiger partial charge in [-0.25, -0.2) is 0 Å². The zero-order chi connectivity index (χ0) is 4.85. The van der Waals surface area contributed by atoms with E-state index in [1.807, 2.05) is 0 Å². The van der Waals surface area contributed by atoms with Gasteiger partial charge in [-0.05, 0) is 12.8 Å². The predicted molar refractivity (Wildman–Crippen MR) is 20.4 cm³/mol. The molecule has 0 aromatic heterocycles. The molecule has 3 nitrogen and oxygen atoms in total. The molecule has 0 amide bonds. The fraction of sp³-hybridized carbons (Fsp3) is 1.00. The zero-order valence-corrected chi connectivity index (χ0v) is 3.83. The third-order valence-corrected chi connectivity index (χ3v) is 1.54. The highest BCUT2D eigenvalue weighted by Crippen LogP contribution is 2.35. The van der Waals surface area contributed by atoms with Gasteiger partial charge in [-0.1, -0.05) is 5.06 Å². The van der Waals surface area contributed by atoms with Gasteiger partial charge in [0.25, 0.3) is 0 Å². The van der Waals surface area contributed by atoms with Gasteiger partial charge in [-0.15, -0.1) is 5.21 Å². The molecule has 3 saturated heterocycles. The van der Waals surface area contributed by atoms with Crippen LogP contribution in [0.4, 0.5) is 0 Å². The van der Waals surface area contributed by atoms with Gasteiger partial charge in [-0.3, -0.25) is 0 Å². The Morgan fingerprint density at radius 3 is 2.14 bits per heavy atom. The zero-order valence-electron chi connectivity index (χ0n) is 3.83. The van der Waals surface area contributed by atoms with Crippen molar-refractivity contribution in [2.24, 2.45) is 0 Å². The molecule has 2 atom stereocenters. The lowest BCUT2D eigenvalue weighted by Gasteiger charge is -2.31. The Bertz CT molecular complexity index is 81.7. The summed E-state index contributed by atoms with van der Waals surface area (Å²) in [5.41, 5.74) is 0. The lowest BCUT2D eigenvalue weighted by molar-refractivity contribution is -0.396. The number of fused-ring (bicyclic) bond motifs is 1. The van der Waals surface area contributed by atoms with Gasteiger partial charge >= 0.3 is 0 Å². The molecule has 2 unspecified atom stereocenters. The van der Waals surface area contributed by atoms with Crippen molar-refractivity contribution >= 4 is 0 Å². The maximum Gasteiger partial charge on any atom is 0.141 e. The van der Waals surface area contributed by atoms with Crippen LogP contribution in [0.1, 0.15) is 12.8 Å². The summed E-state index contributed by atoms with van der Waals surface area (Å²) in [6.07, 6.45) is 1.75. The van der Waals surface area contributed by atoms with E-state index in [0.717, 1.165) is 17.9 Å². The van der Waals surface area contributed by atoms with Gasteiger partial charge in [0, 0.05) is 0 Å². The molecule has 3 aliphatic heterocycles. The molecule has 3 heterocycles.